The van der Waals surface area contributed by atoms with Gasteiger partial charge in [-0.15, -0.1) is 0 Å². The molecule has 3 N–H and O–H groups in total. The van der Waals surface area contributed by atoms with Crippen LogP contribution < -0.4 is 0 Å². The molecule has 0 saturated carbocycles. The highest BCUT2D eigenvalue weighted by molar-refractivity contribution is 7.92. The average Bonchev–Trinajstić information content (AvgIpc) is 2.90. The first-order valence-corrected chi connectivity index (χ1v) is 12.1. The van der Waals surface area contributed by atoms with Gasteiger partial charge in [0, 0.05) is 6.42 Å². The average molecular weight is 425 g/mol. The van der Waals surface area contributed by atoms with Crippen molar-refractivity contribution in [2.45, 2.75) is 69.1 Å². The van der Waals surface area contributed by atoms with Crippen molar-refractivity contribution in [1.29, 1.82) is 0 Å². The molecule has 3 atom stereocenters. The van der Waals surface area contributed by atoms with Crippen LogP contribution in [0.2, 0.25) is 0 Å². The predicted octanol–water partition coefficient (Wildman–Crippen LogP) is 3.65. The van der Waals surface area contributed by atoms with Crippen molar-refractivity contribution in [3.8, 4) is 0 Å². The summed E-state index contributed by atoms with van der Waals surface area (Å²) in [5, 5.41) is 28.6. The zero-order valence-electron chi connectivity index (χ0n) is 16.7. The Labute approximate surface area is 173 Å². The zero-order chi connectivity index (χ0) is 21.3. The number of aliphatic hydroxyl groups excluding tert-OH is 2. The number of aryl methyl sites for hydroxylation is 1. The molecule has 0 spiro atoms. The third kappa shape index (κ3) is 7.48. The van der Waals surface area contributed by atoms with Crippen LogP contribution in [-0.2, 0) is 21.1 Å². The number of hydrogen-bond acceptors (Lipinski definition) is 5. The number of carboxylic acids is 1. The van der Waals surface area contributed by atoms with Gasteiger partial charge in [0.25, 0.3) is 0 Å². The quantitative estimate of drug-likeness (QED) is 0.349. The largest absolute Gasteiger partial charge is 0.512 e. The molecule has 0 aromatic heterocycles. The summed E-state index contributed by atoms with van der Waals surface area (Å²) < 4.78 is 24.9. The Hall–Kier alpha value is -1.86. The Morgan fingerprint density at radius 1 is 1.03 bits per heavy atom. The molecule has 7 heteroatoms. The maximum Gasteiger partial charge on any atom is 0.303 e. The molecule has 0 amide bonds. The molecule has 1 aliphatic rings. The third-order valence-corrected chi connectivity index (χ3v) is 7.77. The lowest BCUT2D eigenvalue weighted by molar-refractivity contribution is -0.137. The number of allylic oxidation sites excluding steroid dienone is 1. The zero-order valence-corrected chi connectivity index (χ0v) is 17.6. The molecule has 0 aliphatic carbocycles. The van der Waals surface area contributed by atoms with Crippen molar-refractivity contribution in [1.82, 2.24) is 0 Å². The number of sulfone groups is 1. The first-order chi connectivity index (χ1) is 13.8. The van der Waals surface area contributed by atoms with E-state index in [0.717, 1.165) is 25.7 Å². The van der Waals surface area contributed by atoms with Gasteiger partial charge in [-0.1, -0.05) is 49.6 Å². The van der Waals surface area contributed by atoms with Crippen LogP contribution in [0.5, 0.6) is 0 Å². The fourth-order valence-electron chi connectivity index (χ4n) is 4.00. The molecule has 0 bridgehead atoms. The number of carbonyl (C=O) groups is 1. The summed E-state index contributed by atoms with van der Waals surface area (Å²) in [6.07, 6.45) is 6.06. The minimum atomic E-state index is -3.46. The summed E-state index contributed by atoms with van der Waals surface area (Å²) in [5.41, 5.74) is 1.21. The topological polar surface area (TPSA) is 112 Å². The number of benzene rings is 1. The molecule has 0 radical (unpaired) electrons. The lowest BCUT2D eigenvalue weighted by Gasteiger charge is -2.20. The van der Waals surface area contributed by atoms with E-state index >= 15 is 0 Å². The van der Waals surface area contributed by atoms with E-state index < -0.39 is 33.1 Å². The van der Waals surface area contributed by atoms with E-state index in [1.807, 2.05) is 30.3 Å². The molecule has 1 heterocycles. The van der Waals surface area contributed by atoms with Crippen LogP contribution in [0.1, 0.15) is 56.9 Å². The number of aliphatic hydroxyl groups is 2. The van der Waals surface area contributed by atoms with Crippen LogP contribution in [0.25, 0.3) is 0 Å². The first kappa shape index (κ1) is 23.4. The van der Waals surface area contributed by atoms with Crippen molar-refractivity contribution < 1.29 is 28.5 Å². The summed E-state index contributed by atoms with van der Waals surface area (Å²) in [6.45, 7) is 0. The van der Waals surface area contributed by atoms with Crippen molar-refractivity contribution >= 4 is 15.8 Å². The molecule has 0 unspecified atom stereocenters. The Kier molecular flexibility index (Phi) is 9.17. The molecule has 1 aliphatic heterocycles. The molecule has 162 valence electrons. The predicted molar refractivity (Wildman–Crippen MR) is 113 cm³/mol. The van der Waals surface area contributed by atoms with Crippen molar-refractivity contribution in [2.75, 3.05) is 5.75 Å². The van der Waals surface area contributed by atoms with Gasteiger partial charge in [-0.2, -0.15) is 0 Å². The molecule has 6 nitrogen and oxygen atoms in total. The smallest absolute Gasteiger partial charge is 0.303 e. The summed E-state index contributed by atoms with van der Waals surface area (Å²) in [7, 11) is -3.46. The minimum Gasteiger partial charge on any atom is -0.512 e. The molecule has 2 rings (SSSR count). The van der Waals surface area contributed by atoms with Gasteiger partial charge in [0.15, 0.2) is 9.84 Å². The van der Waals surface area contributed by atoms with Crippen molar-refractivity contribution in [2.24, 2.45) is 5.92 Å². The van der Waals surface area contributed by atoms with E-state index in [1.165, 1.54) is 5.56 Å². The number of aliphatic carboxylic acids is 1. The number of carboxylic acid groups (broad SMARTS) is 1. The standard InChI is InChI=1S/C22H32O6S/c23-18(13-9-8-12-17-10-4-3-5-11-17)22-19(24)16-29(27,28)20(22)14-6-1-2-7-15-21(25)26/h3-5,10-11,13,19-20,22-24H,1-2,6-9,12,14-16H2,(H,25,26)/b18-13+/t19-,20-,22+/m0/s1. The highest BCUT2D eigenvalue weighted by Gasteiger charge is 2.47. The monoisotopic (exact) mass is 424 g/mol. The van der Waals surface area contributed by atoms with Gasteiger partial charge in [-0.3, -0.25) is 4.79 Å². The SMILES string of the molecule is O=C(O)CCCCCC[C@H]1[C@H](/C(O)=C\CCCc2ccccc2)[C@@H](O)CS1(=O)=O. The van der Waals surface area contributed by atoms with E-state index in [4.69, 9.17) is 5.11 Å². The summed E-state index contributed by atoms with van der Waals surface area (Å²) in [5.74, 6) is -1.93. The fraction of sp³-hybridized carbons (Fsp3) is 0.591. The van der Waals surface area contributed by atoms with Gasteiger partial charge in [-0.05, 0) is 43.7 Å². The van der Waals surface area contributed by atoms with Gasteiger partial charge in [-0.25, -0.2) is 8.42 Å². The second-order valence-corrected chi connectivity index (χ2v) is 10.1. The van der Waals surface area contributed by atoms with Crippen molar-refractivity contribution in [3.63, 3.8) is 0 Å². The summed E-state index contributed by atoms with van der Waals surface area (Å²) in [4.78, 5) is 10.5. The second kappa shape index (κ2) is 11.4. The lowest BCUT2D eigenvalue weighted by Crippen LogP contribution is -2.27. The molecule has 29 heavy (non-hydrogen) atoms. The minimum absolute atomic E-state index is 0.0255. The molecule has 1 aromatic rings. The Morgan fingerprint density at radius 3 is 2.41 bits per heavy atom. The Bertz CT molecular complexity index is 772. The maximum absolute atomic E-state index is 12.4. The molecule has 1 aromatic carbocycles. The van der Waals surface area contributed by atoms with Gasteiger partial charge in [0.2, 0.25) is 0 Å². The van der Waals surface area contributed by atoms with Crippen LogP contribution in [0.3, 0.4) is 0 Å². The lowest BCUT2D eigenvalue weighted by atomic mass is 9.92. The summed E-state index contributed by atoms with van der Waals surface area (Å²) >= 11 is 0. The normalized spacial score (nSPS) is 23.9. The van der Waals surface area contributed by atoms with Gasteiger partial charge >= 0.3 is 5.97 Å². The fourth-order valence-corrected chi connectivity index (χ4v) is 6.22. The molecular formula is C22H32O6S. The third-order valence-electron chi connectivity index (χ3n) is 5.52. The summed E-state index contributed by atoms with van der Waals surface area (Å²) in [6, 6.07) is 10.0. The number of unbranched alkanes of at least 4 members (excludes halogenated alkanes) is 4. The maximum atomic E-state index is 12.4. The van der Waals surface area contributed by atoms with E-state index in [9.17, 15) is 23.4 Å². The first-order valence-electron chi connectivity index (χ1n) is 10.4. The Balaban J connectivity index is 1.86. The van der Waals surface area contributed by atoms with Crippen LogP contribution in [-0.4, -0.2) is 46.8 Å². The van der Waals surface area contributed by atoms with Crippen molar-refractivity contribution in [3.05, 3.63) is 47.7 Å². The molecule has 1 saturated heterocycles. The van der Waals surface area contributed by atoms with Crippen LogP contribution in [0, 0.1) is 5.92 Å². The van der Waals surface area contributed by atoms with E-state index in [1.54, 1.807) is 6.08 Å². The van der Waals surface area contributed by atoms with Crippen LogP contribution in [0.15, 0.2) is 42.2 Å². The van der Waals surface area contributed by atoms with E-state index in [-0.39, 0.29) is 17.9 Å². The van der Waals surface area contributed by atoms with Gasteiger partial charge in [0.1, 0.15) is 0 Å². The highest BCUT2D eigenvalue weighted by Crippen LogP contribution is 2.35. The number of rotatable bonds is 12. The second-order valence-electron chi connectivity index (χ2n) is 7.81. The van der Waals surface area contributed by atoms with Gasteiger partial charge in [0.05, 0.1) is 28.8 Å². The van der Waals surface area contributed by atoms with E-state index in [2.05, 4.69) is 0 Å². The molecule has 1 fully saturated rings. The van der Waals surface area contributed by atoms with Crippen LogP contribution >= 0.6 is 0 Å². The van der Waals surface area contributed by atoms with Crippen LogP contribution in [0.4, 0.5) is 0 Å². The van der Waals surface area contributed by atoms with E-state index in [0.29, 0.717) is 25.7 Å². The molecular weight excluding hydrogens is 392 g/mol. The highest BCUT2D eigenvalue weighted by atomic mass is 32.2. The van der Waals surface area contributed by atoms with Gasteiger partial charge < -0.3 is 15.3 Å². The Morgan fingerprint density at radius 2 is 1.72 bits per heavy atom. The number of hydrogen-bond donors (Lipinski definition) is 3.